The fourth-order valence-corrected chi connectivity index (χ4v) is 6.33. The van der Waals surface area contributed by atoms with Gasteiger partial charge in [0.2, 0.25) is 5.91 Å². The molecule has 232 valence electrons. The summed E-state index contributed by atoms with van der Waals surface area (Å²) in [6.07, 6.45) is -1.05. The molecular formula is C30H39ClF2N8O2. The molecule has 1 unspecified atom stereocenters. The molecule has 0 spiro atoms. The molecule has 2 aliphatic heterocycles. The second kappa shape index (κ2) is 11.9. The van der Waals surface area contributed by atoms with Crippen LogP contribution in [0.15, 0.2) is 24.8 Å². The SMILES string of the molecule is C=CC(=O)N1CC(NC(=O)c2c(C(F)F)nc(CNc3n[nH]c4cc(Cl)c(C(C)(C)C)cc34)n2C2CCN(C(C)C)C2)C1. The van der Waals surface area contributed by atoms with E-state index in [9.17, 15) is 18.4 Å². The van der Waals surface area contributed by atoms with Crippen molar-refractivity contribution < 1.29 is 18.4 Å². The molecule has 2 aromatic heterocycles. The number of rotatable bonds is 9. The number of aromatic nitrogens is 4. The third kappa shape index (κ3) is 6.12. The quantitative estimate of drug-likeness (QED) is 0.291. The minimum absolute atomic E-state index is 0.0731. The van der Waals surface area contributed by atoms with Crippen molar-refractivity contribution in [2.24, 2.45) is 0 Å². The predicted molar refractivity (Wildman–Crippen MR) is 163 cm³/mol. The van der Waals surface area contributed by atoms with Gasteiger partial charge in [-0.05, 0) is 49.5 Å². The molecule has 1 atom stereocenters. The Labute approximate surface area is 254 Å². The summed E-state index contributed by atoms with van der Waals surface area (Å²) in [5, 5.41) is 15.0. The standard InChI is InChI=1S/C30H39ClF2N8O2/c1-7-24(42)40-13-17(14-40)35-29(43)26-25(27(32)33)36-23(41(26)18-8-9-39(15-18)16(2)3)12-34-28-19-10-20(30(4,5)6)21(31)11-22(19)37-38-28/h7,10-11,16-18,27H,1,8-9,12-15H2,2-6H3,(H,35,43)(H2,34,37,38). The summed E-state index contributed by atoms with van der Waals surface area (Å²) in [6, 6.07) is 3.52. The number of aromatic amines is 1. The smallest absolute Gasteiger partial charge is 0.282 e. The van der Waals surface area contributed by atoms with Crippen molar-refractivity contribution in [1.82, 2.24) is 34.9 Å². The summed E-state index contributed by atoms with van der Waals surface area (Å²) in [6.45, 7) is 15.9. The fraction of sp³-hybridized carbons (Fsp3) is 0.533. The largest absolute Gasteiger partial charge is 0.361 e. The fourth-order valence-electron chi connectivity index (χ4n) is 5.89. The van der Waals surface area contributed by atoms with Gasteiger partial charge < -0.3 is 20.1 Å². The van der Waals surface area contributed by atoms with E-state index >= 15 is 0 Å². The number of carbonyl (C=O) groups is 2. The van der Waals surface area contributed by atoms with Crippen molar-refractivity contribution in [2.75, 3.05) is 31.5 Å². The zero-order chi connectivity index (χ0) is 31.2. The molecule has 10 nitrogen and oxygen atoms in total. The van der Waals surface area contributed by atoms with E-state index in [-0.39, 0.29) is 41.7 Å². The molecule has 2 fully saturated rings. The lowest BCUT2D eigenvalue weighted by molar-refractivity contribution is -0.130. The Balaban J connectivity index is 1.47. The van der Waals surface area contributed by atoms with Crippen LogP contribution < -0.4 is 10.6 Å². The van der Waals surface area contributed by atoms with Gasteiger partial charge in [-0.1, -0.05) is 39.0 Å². The van der Waals surface area contributed by atoms with Gasteiger partial charge in [-0.25, -0.2) is 13.8 Å². The Hall–Kier alpha value is -3.51. The first kappa shape index (κ1) is 30.9. The molecule has 3 N–H and O–H groups in total. The number of likely N-dealkylation sites (tertiary alicyclic amines) is 2. The molecule has 13 heteroatoms. The lowest BCUT2D eigenvalue weighted by Crippen LogP contribution is -2.60. The molecule has 2 amide bonds. The minimum atomic E-state index is -2.95. The molecule has 5 rings (SSSR count). The number of nitrogens with zero attached hydrogens (tertiary/aromatic N) is 5. The maximum Gasteiger partial charge on any atom is 0.282 e. The van der Waals surface area contributed by atoms with Crippen molar-refractivity contribution in [3.05, 3.63) is 52.6 Å². The van der Waals surface area contributed by atoms with Gasteiger partial charge in [0.15, 0.2) is 5.82 Å². The number of H-pyrrole nitrogens is 1. The van der Waals surface area contributed by atoms with E-state index in [2.05, 4.69) is 71.9 Å². The molecule has 0 saturated carbocycles. The molecule has 0 bridgehead atoms. The molecular weight excluding hydrogens is 578 g/mol. The average Bonchev–Trinajstić information content (AvgIpc) is 3.64. The number of carbonyl (C=O) groups excluding carboxylic acids is 2. The zero-order valence-corrected chi connectivity index (χ0v) is 25.9. The summed E-state index contributed by atoms with van der Waals surface area (Å²) < 4.78 is 30.6. The van der Waals surface area contributed by atoms with Crippen LogP contribution in [0, 0.1) is 0 Å². The zero-order valence-electron chi connectivity index (χ0n) is 25.2. The van der Waals surface area contributed by atoms with Gasteiger partial charge in [-0.2, -0.15) is 5.10 Å². The number of hydrogen-bond acceptors (Lipinski definition) is 6. The maximum absolute atomic E-state index is 14.5. The van der Waals surface area contributed by atoms with E-state index < -0.39 is 18.0 Å². The topological polar surface area (TPSA) is 111 Å². The first-order chi connectivity index (χ1) is 20.3. The van der Waals surface area contributed by atoms with Crippen molar-refractivity contribution in [1.29, 1.82) is 0 Å². The van der Waals surface area contributed by atoms with Crippen LogP contribution in [-0.2, 0) is 16.8 Å². The molecule has 2 saturated heterocycles. The normalized spacial score (nSPS) is 18.1. The van der Waals surface area contributed by atoms with E-state index in [1.165, 1.54) is 11.0 Å². The molecule has 43 heavy (non-hydrogen) atoms. The van der Waals surface area contributed by atoms with E-state index in [0.717, 1.165) is 23.0 Å². The second-order valence-electron chi connectivity index (χ2n) is 12.6. The van der Waals surface area contributed by atoms with Gasteiger partial charge in [0.25, 0.3) is 12.3 Å². The van der Waals surface area contributed by atoms with Crippen LogP contribution in [0.2, 0.25) is 5.02 Å². The number of anilines is 1. The highest BCUT2D eigenvalue weighted by Gasteiger charge is 2.37. The van der Waals surface area contributed by atoms with Crippen LogP contribution in [0.5, 0.6) is 0 Å². The Morgan fingerprint density at radius 2 is 1.95 bits per heavy atom. The number of fused-ring (bicyclic) bond motifs is 1. The number of nitrogens with one attached hydrogen (secondary N) is 3. The van der Waals surface area contributed by atoms with Gasteiger partial charge in [-0.15, -0.1) is 0 Å². The van der Waals surface area contributed by atoms with Crippen LogP contribution in [0.25, 0.3) is 10.9 Å². The van der Waals surface area contributed by atoms with Crippen molar-refractivity contribution in [2.45, 2.75) is 77.6 Å². The van der Waals surface area contributed by atoms with Crippen molar-refractivity contribution in [3.8, 4) is 0 Å². The number of amides is 2. The van der Waals surface area contributed by atoms with Gasteiger partial charge in [-0.3, -0.25) is 19.6 Å². The van der Waals surface area contributed by atoms with E-state index in [1.807, 2.05) is 12.1 Å². The summed E-state index contributed by atoms with van der Waals surface area (Å²) in [4.78, 5) is 33.6. The number of halogens is 3. The molecule has 0 radical (unpaired) electrons. The van der Waals surface area contributed by atoms with Crippen LogP contribution in [0.3, 0.4) is 0 Å². The highest BCUT2D eigenvalue weighted by atomic mass is 35.5. The predicted octanol–water partition coefficient (Wildman–Crippen LogP) is 5.04. The third-order valence-corrected chi connectivity index (χ3v) is 8.61. The summed E-state index contributed by atoms with van der Waals surface area (Å²) in [5.74, 6) is 0.00406. The monoisotopic (exact) mass is 616 g/mol. The molecule has 1 aromatic carbocycles. The van der Waals surface area contributed by atoms with Crippen molar-refractivity contribution >= 4 is 40.1 Å². The van der Waals surface area contributed by atoms with E-state index in [1.54, 1.807) is 4.57 Å². The lowest BCUT2D eigenvalue weighted by atomic mass is 9.86. The molecule has 2 aliphatic rings. The van der Waals surface area contributed by atoms with Crippen molar-refractivity contribution in [3.63, 3.8) is 0 Å². The summed E-state index contributed by atoms with van der Waals surface area (Å²) in [7, 11) is 0. The van der Waals surface area contributed by atoms with Gasteiger partial charge in [0, 0.05) is 48.7 Å². The van der Waals surface area contributed by atoms with Gasteiger partial charge in [0.1, 0.15) is 17.2 Å². The van der Waals surface area contributed by atoms with Crippen LogP contribution in [-0.4, -0.2) is 79.6 Å². The number of benzene rings is 1. The summed E-state index contributed by atoms with van der Waals surface area (Å²) >= 11 is 6.54. The van der Waals surface area contributed by atoms with Crippen LogP contribution in [0.1, 0.15) is 81.1 Å². The number of alkyl halides is 2. The van der Waals surface area contributed by atoms with Crippen LogP contribution in [0.4, 0.5) is 14.6 Å². The Bertz CT molecular complexity index is 1540. The molecule has 4 heterocycles. The Morgan fingerprint density at radius 1 is 1.23 bits per heavy atom. The minimum Gasteiger partial charge on any atom is -0.361 e. The highest BCUT2D eigenvalue weighted by Crippen LogP contribution is 2.36. The lowest BCUT2D eigenvalue weighted by Gasteiger charge is -2.39. The van der Waals surface area contributed by atoms with E-state index in [0.29, 0.717) is 42.7 Å². The second-order valence-corrected chi connectivity index (χ2v) is 13.0. The average molecular weight is 617 g/mol. The first-order valence-corrected chi connectivity index (χ1v) is 14.9. The molecule has 3 aromatic rings. The van der Waals surface area contributed by atoms with Gasteiger partial charge in [0.05, 0.1) is 18.1 Å². The highest BCUT2D eigenvalue weighted by molar-refractivity contribution is 6.32. The summed E-state index contributed by atoms with van der Waals surface area (Å²) in [5.41, 5.74) is 0.806. The number of imidazole rings is 1. The molecule has 0 aliphatic carbocycles. The Morgan fingerprint density at radius 3 is 2.56 bits per heavy atom. The maximum atomic E-state index is 14.5. The third-order valence-electron chi connectivity index (χ3n) is 8.30. The van der Waals surface area contributed by atoms with E-state index in [4.69, 9.17) is 11.6 Å². The number of hydrogen-bond donors (Lipinski definition) is 3. The van der Waals surface area contributed by atoms with Crippen LogP contribution >= 0.6 is 11.6 Å². The first-order valence-electron chi connectivity index (χ1n) is 14.6. The van der Waals surface area contributed by atoms with Gasteiger partial charge >= 0.3 is 0 Å². The Kier molecular flexibility index (Phi) is 8.54.